The predicted octanol–water partition coefficient (Wildman–Crippen LogP) is 4.68. The molecular weight excluding hydrogens is 368 g/mol. The van der Waals surface area contributed by atoms with Crippen molar-refractivity contribution in [3.8, 4) is 0 Å². The summed E-state index contributed by atoms with van der Waals surface area (Å²) in [7, 11) is 0. The van der Waals surface area contributed by atoms with Crippen LogP contribution < -0.4 is 10.6 Å². The molecule has 3 aromatic rings. The number of rotatable bonds is 6. The Kier molecular flexibility index (Phi) is 6.37. The number of ether oxygens (including phenoxy) is 1. The highest BCUT2D eigenvalue weighted by Crippen LogP contribution is 2.12. The summed E-state index contributed by atoms with van der Waals surface area (Å²) in [5.41, 5.74) is 3.02. The lowest BCUT2D eigenvalue weighted by Gasteiger charge is -2.08. The number of anilines is 2. The van der Waals surface area contributed by atoms with Crippen LogP contribution in [0, 0.1) is 6.92 Å². The van der Waals surface area contributed by atoms with E-state index in [0.29, 0.717) is 16.9 Å². The summed E-state index contributed by atoms with van der Waals surface area (Å²) in [6.45, 7) is 1.60. The van der Waals surface area contributed by atoms with Crippen molar-refractivity contribution >= 4 is 29.2 Å². The monoisotopic (exact) mass is 388 g/mol. The van der Waals surface area contributed by atoms with Crippen LogP contribution in [0.25, 0.3) is 0 Å². The summed E-state index contributed by atoms with van der Waals surface area (Å²) in [6, 6.07) is 21.9. The Morgan fingerprint density at radius 1 is 0.724 bits per heavy atom. The molecule has 0 spiro atoms. The summed E-state index contributed by atoms with van der Waals surface area (Å²) in [5, 5.41) is 5.38. The Bertz CT molecular complexity index is 997. The number of urea groups is 1. The number of hydrogen-bond donors (Lipinski definition) is 2. The molecule has 0 aliphatic rings. The number of esters is 1. The van der Waals surface area contributed by atoms with Gasteiger partial charge in [0.15, 0.2) is 12.4 Å². The molecule has 3 aromatic carbocycles. The van der Waals surface area contributed by atoms with Gasteiger partial charge >= 0.3 is 12.0 Å². The minimum Gasteiger partial charge on any atom is -0.454 e. The minimum atomic E-state index is -0.606. The van der Waals surface area contributed by atoms with Crippen LogP contribution >= 0.6 is 0 Å². The highest BCUT2D eigenvalue weighted by Gasteiger charge is 2.12. The number of nitrogens with one attached hydrogen (secondary N) is 2. The van der Waals surface area contributed by atoms with E-state index in [0.717, 1.165) is 5.56 Å². The average Bonchev–Trinajstić information content (AvgIpc) is 2.73. The minimum absolute atomic E-state index is 0.269. The van der Waals surface area contributed by atoms with Gasteiger partial charge in [-0.3, -0.25) is 4.79 Å². The van der Waals surface area contributed by atoms with Gasteiger partial charge in [-0.2, -0.15) is 0 Å². The molecule has 0 saturated heterocycles. The summed E-state index contributed by atoms with van der Waals surface area (Å²) in [6.07, 6.45) is 0. The maximum atomic E-state index is 12.1. The molecule has 3 rings (SSSR count). The first-order chi connectivity index (χ1) is 14.0. The van der Waals surface area contributed by atoms with Gasteiger partial charge in [-0.05, 0) is 43.3 Å². The first-order valence-corrected chi connectivity index (χ1v) is 9.01. The quantitative estimate of drug-likeness (QED) is 0.474. The number of ketones is 1. The van der Waals surface area contributed by atoms with Crippen molar-refractivity contribution in [3.63, 3.8) is 0 Å². The second-order valence-corrected chi connectivity index (χ2v) is 6.39. The molecule has 0 fully saturated rings. The van der Waals surface area contributed by atoms with Crippen LogP contribution in [0.3, 0.4) is 0 Å². The summed E-state index contributed by atoms with van der Waals surface area (Å²) >= 11 is 0. The van der Waals surface area contributed by atoms with Crippen molar-refractivity contribution in [1.29, 1.82) is 0 Å². The molecule has 29 heavy (non-hydrogen) atoms. The van der Waals surface area contributed by atoms with Gasteiger partial charge in [-0.25, -0.2) is 9.59 Å². The Labute approximate surface area is 168 Å². The van der Waals surface area contributed by atoms with Crippen molar-refractivity contribution in [3.05, 3.63) is 95.6 Å². The Morgan fingerprint density at radius 2 is 1.28 bits per heavy atom. The van der Waals surface area contributed by atoms with Crippen LogP contribution in [0.1, 0.15) is 26.3 Å². The van der Waals surface area contributed by atoms with Gasteiger partial charge < -0.3 is 15.4 Å². The predicted molar refractivity (Wildman–Crippen MR) is 111 cm³/mol. The molecule has 0 heterocycles. The third kappa shape index (κ3) is 5.77. The van der Waals surface area contributed by atoms with Crippen molar-refractivity contribution < 1.29 is 19.1 Å². The lowest BCUT2D eigenvalue weighted by atomic mass is 10.1. The van der Waals surface area contributed by atoms with Crippen LogP contribution in [0.15, 0.2) is 78.9 Å². The number of carbonyl (C=O) groups is 3. The van der Waals surface area contributed by atoms with E-state index in [1.807, 2.05) is 37.3 Å². The number of benzene rings is 3. The molecule has 0 aliphatic heterocycles. The normalized spacial score (nSPS) is 10.1. The van der Waals surface area contributed by atoms with Crippen LogP contribution in [0.5, 0.6) is 0 Å². The van der Waals surface area contributed by atoms with Gasteiger partial charge in [0.1, 0.15) is 0 Å². The standard InChI is InChI=1S/C23H20N2O4/c1-16-7-9-17(10-8-16)21(26)15-29-22(27)18-11-13-20(14-12-18)25-23(28)24-19-5-3-2-4-6-19/h2-14H,15H2,1H3,(H2,24,25,28). The number of Topliss-reactive ketones (excluding diaryl/α,β-unsaturated/α-hetero) is 1. The fraction of sp³-hybridized carbons (Fsp3) is 0.0870. The second-order valence-electron chi connectivity index (χ2n) is 6.39. The fourth-order valence-corrected chi connectivity index (χ4v) is 2.54. The fourth-order valence-electron chi connectivity index (χ4n) is 2.54. The molecule has 0 radical (unpaired) electrons. The number of para-hydroxylation sites is 1. The molecule has 0 atom stereocenters. The SMILES string of the molecule is Cc1ccc(C(=O)COC(=O)c2ccc(NC(=O)Nc3ccccc3)cc2)cc1. The summed E-state index contributed by atoms with van der Waals surface area (Å²) in [5.74, 6) is -0.875. The van der Waals surface area contributed by atoms with E-state index in [9.17, 15) is 14.4 Å². The first-order valence-electron chi connectivity index (χ1n) is 9.01. The molecule has 0 saturated carbocycles. The van der Waals surface area contributed by atoms with E-state index in [1.54, 1.807) is 36.4 Å². The Hall–Kier alpha value is -3.93. The van der Waals surface area contributed by atoms with Crippen molar-refractivity contribution in [1.82, 2.24) is 0 Å². The van der Waals surface area contributed by atoms with Crippen LogP contribution in [-0.2, 0) is 4.74 Å². The molecule has 146 valence electrons. The largest absolute Gasteiger partial charge is 0.454 e. The third-order valence-electron chi connectivity index (χ3n) is 4.12. The van der Waals surface area contributed by atoms with E-state index >= 15 is 0 Å². The molecule has 0 bridgehead atoms. The molecule has 0 unspecified atom stereocenters. The first kappa shape index (κ1) is 19.8. The summed E-state index contributed by atoms with van der Waals surface area (Å²) < 4.78 is 5.09. The van der Waals surface area contributed by atoms with Gasteiger partial charge in [0.2, 0.25) is 0 Å². The van der Waals surface area contributed by atoms with E-state index in [4.69, 9.17) is 4.74 Å². The van der Waals surface area contributed by atoms with Crippen LogP contribution in [0.2, 0.25) is 0 Å². The van der Waals surface area contributed by atoms with Gasteiger partial charge in [-0.1, -0.05) is 48.0 Å². The second kappa shape index (κ2) is 9.32. The van der Waals surface area contributed by atoms with Crippen LogP contribution in [0.4, 0.5) is 16.2 Å². The zero-order valence-electron chi connectivity index (χ0n) is 15.8. The lowest BCUT2D eigenvalue weighted by Crippen LogP contribution is -2.19. The van der Waals surface area contributed by atoms with E-state index in [2.05, 4.69) is 10.6 Å². The topological polar surface area (TPSA) is 84.5 Å². The van der Waals surface area contributed by atoms with Crippen molar-refractivity contribution in [2.24, 2.45) is 0 Å². The molecule has 2 amide bonds. The van der Waals surface area contributed by atoms with Gasteiger partial charge in [0.05, 0.1) is 5.56 Å². The number of carbonyl (C=O) groups excluding carboxylic acids is 3. The van der Waals surface area contributed by atoms with Gasteiger partial charge in [-0.15, -0.1) is 0 Å². The van der Waals surface area contributed by atoms with Crippen molar-refractivity contribution in [2.45, 2.75) is 6.92 Å². The zero-order valence-corrected chi connectivity index (χ0v) is 15.8. The summed E-state index contributed by atoms with van der Waals surface area (Å²) in [4.78, 5) is 36.2. The molecule has 6 nitrogen and oxygen atoms in total. The van der Waals surface area contributed by atoms with Gasteiger partial charge in [0.25, 0.3) is 0 Å². The molecule has 6 heteroatoms. The lowest BCUT2D eigenvalue weighted by molar-refractivity contribution is 0.0475. The third-order valence-corrected chi connectivity index (χ3v) is 4.12. The smallest absolute Gasteiger partial charge is 0.338 e. The molecule has 0 aromatic heterocycles. The zero-order chi connectivity index (χ0) is 20.6. The van der Waals surface area contributed by atoms with E-state index in [1.165, 1.54) is 12.1 Å². The van der Waals surface area contributed by atoms with Crippen LogP contribution in [-0.4, -0.2) is 24.4 Å². The Balaban J connectivity index is 1.51. The highest BCUT2D eigenvalue weighted by molar-refractivity contribution is 6.01. The van der Waals surface area contributed by atoms with E-state index < -0.39 is 12.0 Å². The van der Waals surface area contributed by atoms with Crippen molar-refractivity contribution in [2.75, 3.05) is 17.2 Å². The number of amides is 2. The number of hydrogen-bond acceptors (Lipinski definition) is 4. The maximum Gasteiger partial charge on any atom is 0.338 e. The number of aryl methyl sites for hydroxylation is 1. The maximum absolute atomic E-state index is 12.1. The highest BCUT2D eigenvalue weighted by atomic mass is 16.5. The molecular formula is C23H20N2O4. The average molecular weight is 388 g/mol. The Morgan fingerprint density at radius 3 is 1.90 bits per heavy atom. The molecule has 0 aliphatic carbocycles. The molecule has 2 N–H and O–H groups in total. The van der Waals surface area contributed by atoms with Gasteiger partial charge in [0, 0.05) is 16.9 Å². The van der Waals surface area contributed by atoms with E-state index in [-0.39, 0.29) is 18.0 Å².